The van der Waals surface area contributed by atoms with Crippen LogP contribution in [0, 0.1) is 47.8 Å². The van der Waals surface area contributed by atoms with E-state index in [0.29, 0.717) is 28.3 Å². The molecule has 0 aliphatic heterocycles. The second-order valence-electron chi connectivity index (χ2n) is 18.3. The number of rotatable bonds is 5. The Labute approximate surface area is 304 Å². The number of aliphatic hydroxyl groups excluding tert-OH is 1. The first-order chi connectivity index (χ1) is 23.6. The maximum atomic E-state index is 14.9. The molecular formula is C44H58N2O5. The van der Waals surface area contributed by atoms with Gasteiger partial charge in [0.1, 0.15) is 11.9 Å². The number of ketones is 1. The number of carbonyl (C=O) groups is 3. The first-order valence-corrected chi connectivity index (χ1v) is 18.6. The van der Waals surface area contributed by atoms with Crippen molar-refractivity contribution in [2.45, 2.75) is 122 Å². The average molecular weight is 695 g/mol. The molecule has 1 aromatic carbocycles. The van der Waals surface area contributed by atoms with Crippen LogP contribution in [0.4, 0.5) is 0 Å². The van der Waals surface area contributed by atoms with Gasteiger partial charge in [-0.05, 0) is 72.1 Å². The SMILES string of the molecule is CCc1c(C)[nH]c(C2=C(O)C(=C3CC(=NC(=O)C(C)(C)C)C(C(=O)OC4C(C(C)(C)C)CC(C)CC4C(C)(C)C)=C3c3ccccc3)C2=O)c1C. The zero-order chi connectivity index (χ0) is 38.0. The standard InChI is InChI=1S/C44H58N2O5/c1-14-27-24(3)36(45-25(27)4)35-37(47)33(38(35)48)28-22-31(46-41(50)44(11,12)13)34(32(28)26-18-16-15-17-19-26)40(49)51-39-29(42(5,6)7)20-23(2)21-30(39)43(8,9)10/h15-19,23,29-30,39,45,47H,14,20-22H2,1-13H3. The Hall–Kier alpha value is -4.00. The number of amides is 1. The summed E-state index contributed by atoms with van der Waals surface area (Å²) in [5.41, 5.74) is 5.06. The van der Waals surface area contributed by atoms with Gasteiger partial charge in [-0.15, -0.1) is 0 Å². The summed E-state index contributed by atoms with van der Waals surface area (Å²) in [6.45, 7) is 26.9. The first-order valence-electron chi connectivity index (χ1n) is 18.6. The monoisotopic (exact) mass is 694 g/mol. The summed E-state index contributed by atoms with van der Waals surface area (Å²) in [6, 6.07) is 9.40. The van der Waals surface area contributed by atoms with E-state index in [1.165, 1.54) is 0 Å². The molecule has 2 aromatic rings. The number of hydrogen-bond acceptors (Lipinski definition) is 5. The van der Waals surface area contributed by atoms with Crippen molar-refractivity contribution in [1.82, 2.24) is 4.98 Å². The molecular weight excluding hydrogens is 636 g/mol. The van der Waals surface area contributed by atoms with Gasteiger partial charge < -0.3 is 14.8 Å². The molecule has 7 nitrogen and oxygen atoms in total. The molecule has 1 aromatic heterocycles. The van der Waals surface area contributed by atoms with E-state index in [1.807, 2.05) is 44.2 Å². The number of aliphatic hydroxyl groups is 1. The largest absolute Gasteiger partial charge is 0.506 e. The summed E-state index contributed by atoms with van der Waals surface area (Å²) < 4.78 is 6.74. The lowest BCUT2D eigenvalue weighted by atomic mass is 9.59. The average Bonchev–Trinajstić information content (AvgIpc) is 3.51. The number of aromatic nitrogens is 1. The van der Waals surface area contributed by atoms with E-state index in [0.717, 1.165) is 36.1 Å². The number of nitrogens with zero attached hydrogens (tertiary/aromatic N) is 1. The van der Waals surface area contributed by atoms with Gasteiger partial charge in [0.2, 0.25) is 5.78 Å². The molecule has 7 heteroatoms. The Kier molecular flexibility index (Phi) is 10.1. The van der Waals surface area contributed by atoms with Crippen molar-refractivity contribution in [2.75, 3.05) is 0 Å². The highest BCUT2D eigenvalue weighted by Crippen LogP contribution is 2.51. The number of carbonyl (C=O) groups excluding carboxylic acids is 3. The van der Waals surface area contributed by atoms with Gasteiger partial charge in [-0.3, -0.25) is 9.59 Å². The second kappa shape index (κ2) is 13.5. The van der Waals surface area contributed by atoms with Crippen LogP contribution in [0.3, 0.4) is 0 Å². The lowest BCUT2D eigenvalue weighted by molar-refractivity contribution is -0.164. The molecule has 1 heterocycles. The topological polar surface area (TPSA) is 109 Å². The minimum atomic E-state index is -0.805. The van der Waals surface area contributed by atoms with E-state index in [-0.39, 0.29) is 75.1 Å². The fourth-order valence-corrected chi connectivity index (χ4v) is 8.42. The third-order valence-corrected chi connectivity index (χ3v) is 11.3. The van der Waals surface area contributed by atoms with Crippen molar-refractivity contribution in [2.24, 2.45) is 39.0 Å². The lowest BCUT2D eigenvalue weighted by Gasteiger charge is -2.50. The number of H-pyrrole nitrogens is 1. The van der Waals surface area contributed by atoms with Crippen molar-refractivity contribution < 1.29 is 24.2 Å². The lowest BCUT2D eigenvalue weighted by Crippen LogP contribution is -2.49. The highest BCUT2D eigenvalue weighted by Gasteiger charge is 2.50. The quantitative estimate of drug-likeness (QED) is 0.239. The fourth-order valence-electron chi connectivity index (χ4n) is 8.42. The van der Waals surface area contributed by atoms with E-state index in [4.69, 9.17) is 4.74 Å². The molecule has 0 spiro atoms. The van der Waals surface area contributed by atoms with Gasteiger partial charge in [-0.2, -0.15) is 0 Å². The Morgan fingerprint density at radius 1 is 0.902 bits per heavy atom. The summed E-state index contributed by atoms with van der Waals surface area (Å²) in [4.78, 5) is 50.6. The molecule has 1 amide bonds. The zero-order valence-corrected chi connectivity index (χ0v) is 33.1. The molecule has 0 bridgehead atoms. The zero-order valence-electron chi connectivity index (χ0n) is 33.1. The highest BCUT2D eigenvalue weighted by atomic mass is 16.5. The molecule has 0 saturated heterocycles. The molecule has 274 valence electrons. The summed E-state index contributed by atoms with van der Waals surface area (Å²) in [5.74, 6) is -0.659. The maximum Gasteiger partial charge on any atom is 0.340 e. The van der Waals surface area contributed by atoms with Crippen LogP contribution in [-0.4, -0.2) is 39.6 Å². The number of ether oxygens (including phenoxy) is 1. The summed E-state index contributed by atoms with van der Waals surface area (Å²) >= 11 is 0. The van der Waals surface area contributed by atoms with Gasteiger partial charge in [-0.1, -0.05) is 106 Å². The number of hydrogen-bond donors (Lipinski definition) is 2. The van der Waals surface area contributed by atoms with Gasteiger partial charge >= 0.3 is 5.97 Å². The van der Waals surface area contributed by atoms with Crippen molar-refractivity contribution in [3.8, 4) is 0 Å². The molecule has 51 heavy (non-hydrogen) atoms. The maximum absolute atomic E-state index is 14.9. The summed E-state index contributed by atoms with van der Waals surface area (Å²) in [5, 5.41) is 11.7. The van der Waals surface area contributed by atoms with E-state index >= 15 is 0 Å². The second-order valence-corrected chi connectivity index (χ2v) is 18.3. The number of esters is 1. The summed E-state index contributed by atoms with van der Waals surface area (Å²) in [6.07, 6.45) is 2.33. The number of aliphatic imine (C=N–C) groups is 1. The van der Waals surface area contributed by atoms with E-state index in [2.05, 4.69) is 65.4 Å². The highest BCUT2D eigenvalue weighted by molar-refractivity contribution is 6.42. The minimum Gasteiger partial charge on any atom is -0.506 e. The number of aromatic amines is 1. The van der Waals surface area contributed by atoms with Crippen LogP contribution in [0.1, 0.15) is 124 Å². The van der Waals surface area contributed by atoms with E-state index in [1.54, 1.807) is 20.8 Å². The van der Waals surface area contributed by atoms with E-state index < -0.39 is 11.4 Å². The third kappa shape index (κ3) is 7.10. The van der Waals surface area contributed by atoms with Crippen LogP contribution >= 0.6 is 0 Å². The summed E-state index contributed by atoms with van der Waals surface area (Å²) in [7, 11) is 0. The number of benzene rings is 1. The van der Waals surface area contributed by atoms with Crippen LogP contribution in [-0.2, 0) is 25.5 Å². The third-order valence-electron chi connectivity index (χ3n) is 11.3. The predicted octanol–water partition coefficient (Wildman–Crippen LogP) is 9.88. The minimum absolute atomic E-state index is 0.0327. The number of Topliss-reactive ketones (excluding diaryl/α,β-unsaturated/α-hetero) is 1. The van der Waals surface area contributed by atoms with Gasteiger partial charge in [-0.25, -0.2) is 9.79 Å². The van der Waals surface area contributed by atoms with Crippen LogP contribution in [0.2, 0.25) is 0 Å². The Balaban J connectivity index is 1.76. The number of allylic oxidation sites excluding steroid dienone is 4. The molecule has 5 rings (SSSR count). The fraction of sp³-hybridized carbons (Fsp3) is 0.545. The molecule has 3 aliphatic carbocycles. The Morgan fingerprint density at radius 3 is 1.94 bits per heavy atom. The Bertz CT molecular complexity index is 1850. The van der Waals surface area contributed by atoms with Crippen molar-refractivity contribution >= 4 is 34.5 Å². The molecule has 2 unspecified atom stereocenters. The van der Waals surface area contributed by atoms with Crippen LogP contribution in [0.15, 0.2) is 57.8 Å². The van der Waals surface area contributed by atoms with Crippen LogP contribution in [0.5, 0.6) is 0 Å². The molecule has 2 atom stereocenters. The predicted molar refractivity (Wildman–Crippen MR) is 205 cm³/mol. The smallest absolute Gasteiger partial charge is 0.340 e. The molecule has 0 radical (unpaired) electrons. The van der Waals surface area contributed by atoms with Crippen molar-refractivity contribution in [3.05, 3.63) is 80.9 Å². The van der Waals surface area contributed by atoms with Gasteiger partial charge in [0.25, 0.3) is 5.91 Å². The molecule has 2 N–H and O–H groups in total. The molecule has 1 saturated carbocycles. The van der Waals surface area contributed by atoms with Crippen LogP contribution in [0.25, 0.3) is 11.1 Å². The molecule has 1 fully saturated rings. The van der Waals surface area contributed by atoms with Crippen molar-refractivity contribution in [1.29, 1.82) is 0 Å². The van der Waals surface area contributed by atoms with Crippen molar-refractivity contribution in [3.63, 3.8) is 0 Å². The van der Waals surface area contributed by atoms with E-state index in [9.17, 15) is 19.5 Å². The van der Waals surface area contributed by atoms with Gasteiger partial charge in [0.05, 0.1) is 28.1 Å². The molecule has 3 aliphatic rings. The first kappa shape index (κ1) is 38.2. The normalized spacial score (nSPS) is 25.5. The number of aryl methyl sites for hydroxylation is 1. The Morgan fingerprint density at radius 2 is 1.47 bits per heavy atom. The van der Waals surface area contributed by atoms with Crippen LogP contribution < -0.4 is 0 Å². The number of nitrogens with one attached hydrogen (secondary N) is 1. The van der Waals surface area contributed by atoms with Gasteiger partial charge in [0, 0.05) is 34.9 Å². The van der Waals surface area contributed by atoms with Gasteiger partial charge in [0.15, 0.2) is 0 Å².